The predicted molar refractivity (Wildman–Crippen MR) is 85.1 cm³/mol. The van der Waals surface area contributed by atoms with E-state index in [4.69, 9.17) is 5.73 Å². The lowest BCUT2D eigenvalue weighted by atomic mass is 10.2. The summed E-state index contributed by atoms with van der Waals surface area (Å²) in [6.07, 6.45) is 1.17. The molecule has 0 aliphatic rings. The van der Waals surface area contributed by atoms with Crippen LogP contribution in [0.4, 0.5) is 11.6 Å². The van der Waals surface area contributed by atoms with Gasteiger partial charge in [0.25, 0.3) is 17.4 Å². The number of H-pyrrole nitrogens is 1. The second kappa shape index (κ2) is 4.99. The number of aromatic nitrogens is 6. The zero-order chi connectivity index (χ0) is 16.8. The number of nitrogens with zero attached hydrogens (tertiary/aromatic N) is 5. The van der Waals surface area contributed by atoms with Gasteiger partial charge >= 0.3 is 0 Å². The van der Waals surface area contributed by atoms with Crippen LogP contribution in [0.2, 0.25) is 0 Å². The molecule has 0 radical (unpaired) electrons. The van der Waals surface area contributed by atoms with E-state index in [0.29, 0.717) is 15.2 Å². The molecule has 5 N–H and O–H groups in total. The van der Waals surface area contributed by atoms with Gasteiger partial charge in [0.2, 0.25) is 0 Å². The molecule has 0 fully saturated rings. The Bertz CT molecular complexity index is 1150. The summed E-state index contributed by atoms with van der Waals surface area (Å²) in [6, 6.07) is 2.90. The van der Waals surface area contributed by atoms with Gasteiger partial charge in [-0.2, -0.15) is 5.21 Å². The third-order valence-electron chi connectivity index (χ3n) is 3.29. The van der Waals surface area contributed by atoms with Crippen molar-refractivity contribution in [1.82, 2.24) is 30.0 Å². The summed E-state index contributed by atoms with van der Waals surface area (Å²) in [6.45, 7) is 0. The Hall–Kier alpha value is -3.54. The average Bonchev–Trinajstić information content (AvgIpc) is 3.16. The van der Waals surface area contributed by atoms with E-state index in [0.717, 1.165) is 0 Å². The summed E-state index contributed by atoms with van der Waals surface area (Å²) in [4.78, 5) is 29.4. The molecule has 24 heavy (non-hydrogen) atoms. The first-order valence-electron chi connectivity index (χ1n) is 6.52. The molecule has 0 aliphatic carbocycles. The molecular formula is C12H8N8O3S. The van der Waals surface area contributed by atoms with E-state index in [2.05, 4.69) is 30.9 Å². The van der Waals surface area contributed by atoms with Crippen molar-refractivity contribution in [2.45, 2.75) is 0 Å². The predicted octanol–water partition coefficient (Wildman–Crippen LogP) is -0.0376. The van der Waals surface area contributed by atoms with Gasteiger partial charge in [0, 0.05) is 12.3 Å². The fourth-order valence-corrected chi connectivity index (χ4v) is 3.19. The number of rotatable bonds is 2. The molecule has 0 saturated heterocycles. The van der Waals surface area contributed by atoms with Crippen molar-refractivity contribution in [3.8, 4) is 5.75 Å². The minimum Gasteiger partial charge on any atom is -0.506 e. The normalized spacial score (nSPS) is 11.2. The number of benzene rings is 1. The second-order valence-corrected chi connectivity index (χ2v) is 5.77. The number of amides is 1. The van der Waals surface area contributed by atoms with Crippen molar-refractivity contribution in [3.05, 3.63) is 34.2 Å². The number of fused-ring (bicyclic) bond motifs is 3. The Morgan fingerprint density at radius 2 is 2.25 bits per heavy atom. The highest BCUT2D eigenvalue weighted by atomic mass is 32.1. The number of phenolic OH excluding ortho intramolecular Hbond substituents is 1. The summed E-state index contributed by atoms with van der Waals surface area (Å²) in [5.74, 6) is -0.861. The highest BCUT2D eigenvalue weighted by Gasteiger charge is 2.18. The lowest BCUT2D eigenvalue weighted by Crippen LogP contribution is -2.26. The van der Waals surface area contributed by atoms with Crippen LogP contribution >= 0.6 is 11.3 Å². The topological polar surface area (TPSA) is 164 Å². The fraction of sp³-hybridized carbons (Fsp3) is 0. The molecular weight excluding hydrogens is 336 g/mol. The maximum Gasteiger partial charge on any atom is 0.271 e. The van der Waals surface area contributed by atoms with Gasteiger partial charge in [-0.1, -0.05) is 16.4 Å². The maximum absolute atomic E-state index is 12.7. The number of hydrogen-bond acceptors (Lipinski definition) is 9. The van der Waals surface area contributed by atoms with Crippen molar-refractivity contribution in [2.24, 2.45) is 0 Å². The van der Waals surface area contributed by atoms with Crippen LogP contribution < -0.4 is 16.6 Å². The summed E-state index contributed by atoms with van der Waals surface area (Å²) in [7, 11) is 0. The van der Waals surface area contributed by atoms with E-state index in [9.17, 15) is 14.7 Å². The number of carbonyl (C=O) groups is 1. The van der Waals surface area contributed by atoms with Crippen molar-refractivity contribution in [3.63, 3.8) is 0 Å². The summed E-state index contributed by atoms with van der Waals surface area (Å²) < 4.78 is 1.88. The SMILES string of the molecule is Nc1cc2c(cc1O)sc1ncc(C(=O)Nc3nn[nH]n3)c(=O)n12. The molecule has 0 spiro atoms. The van der Waals surface area contributed by atoms with Gasteiger partial charge in [0.1, 0.15) is 11.3 Å². The third-order valence-corrected chi connectivity index (χ3v) is 4.31. The average molecular weight is 344 g/mol. The van der Waals surface area contributed by atoms with Gasteiger partial charge in [0.15, 0.2) is 4.96 Å². The van der Waals surface area contributed by atoms with Crippen LogP contribution in [-0.4, -0.2) is 41.0 Å². The van der Waals surface area contributed by atoms with Crippen molar-refractivity contribution < 1.29 is 9.90 Å². The van der Waals surface area contributed by atoms with Crippen molar-refractivity contribution >= 4 is 44.1 Å². The lowest BCUT2D eigenvalue weighted by Gasteiger charge is -2.02. The highest BCUT2D eigenvalue weighted by molar-refractivity contribution is 7.23. The van der Waals surface area contributed by atoms with Crippen molar-refractivity contribution in [1.29, 1.82) is 0 Å². The number of anilines is 2. The number of nitrogens with two attached hydrogens (primary N) is 1. The largest absolute Gasteiger partial charge is 0.506 e. The Labute approximate surface area is 135 Å². The van der Waals surface area contributed by atoms with Gasteiger partial charge in [-0.25, -0.2) is 4.98 Å². The van der Waals surface area contributed by atoms with E-state index in [1.807, 2.05) is 0 Å². The molecule has 11 nitrogen and oxygen atoms in total. The van der Waals surface area contributed by atoms with Crippen LogP contribution in [0, 0.1) is 0 Å². The van der Waals surface area contributed by atoms with Crippen molar-refractivity contribution in [2.75, 3.05) is 11.1 Å². The van der Waals surface area contributed by atoms with E-state index in [1.54, 1.807) is 0 Å². The maximum atomic E-state index is 12.7. The molecule has 12 heteroatoms. The van der Waals surface area contributed by atoms with E-state index >= 15 is 0 Å². The zero-order valence-electron chi connectivity index (χ0n) is 11.7. The van der Waals surface area contributed by atoms with E-state index in [-0.39, 0.29) is 22.9 Å². The van der Waals surface area contributed by atoms with Crippen LogP contribution in [-0.2, 0) is 0 Å². The molecule has 1 aromatic carbocycles. The van der Waals surface area contributed by atoms with Crippen LogP contribution in [0.1, 0.15) is 10.4 Å². The minimum absolute atomic E-state index is 0.0613. The number of hydrogen-bond donors (Lipinski definition) is 4. The number of nitrogens with one attached hydrogen (secondary N) is 2. The summed E-state index contributed by atoms with van der Waals surface area (Å²) >= 11 is 1.19. The molecule has 0 saturated carbocycles. The number of aromatic amines is 1. The number of nitrogen functional groups attached to an aromatic ring is 1. The third kappa shape index (κ3) is 2.04. The van der Waals surface area contributed by atoms with Crippen LogP contribution in [0.3, 0.4) is 0 Å². The Morgan fingerprint density at radius 1 is 1.42 bits per heavy atom. The number of aromatic hydroxyl groups is 1. The molecule has 120 valence electrons. The monoisotopic (exact) mass is 344 g/mol. The highest BCUT2D eigenvalue weighted by Crippen LogP contribution is 2.31. The van der Waals surface area contributed by atoms with Crippen LogP contribution in [0.25, 0.3) is 15.2 Å². The van der Waals surface area contributed by atoms with Gasteiger partial charge in [-0.3, -0.25) is 19.3 Å². The molecule has 3 heterocycles. The van der Waals surface area contributed by atoms with Gasteiger partial charge in [-0.15, -0.1) is 5.10 Å². The Kier molecular flexibility index (Phi) is 2.93. The smallest absolute Gasteiger partial charge is 0.271 e. The van der Waals surface area contributed by atoms with E-state index < -0.39 is 11.5 Å². The summed E-state index contributed by atoms with van der Waals surface area (Å²) in [5.41, 5.74) is 5.50. The standard InChI is InChI=1S/C12H8N8O3S/c13-5-1-6-8(2-7(5)21)24-12-14-3-4(10(23)20(6)12)9(22)15-11-16-18-19-17-11/h1-3,21H,13H2,(H2,15,16,17,18,19,22). The fourth-order valence-electron chi connectivity index (χ4n) is 2.19. The van der Waals surface area contributed by atoms with Crippen LogP contribution in [0.5, 0.6) is 5.75 Å². The first kappa shape index (κ1) is 14.1. The Morgan fingerprint density at radius 3 is 3.00 bits per heavy atom. The first-order chi connectivity index (χ1) is 11.5. The molecule has 0 aliphatic heterocycles. The lowest BCUT2D eigenvalue weighted by molar-refractivity contribution is 0.102. The molecule has 0 bridgehead atoms. The quantitative estimate of drug-likeness (QED) is 0.290. The number of thiazole rings is 1. The molecule has 4 rings (SSSR count). The molecule has 4 aromatic rings. The first-order valence-corrected chi connectivity index (χ1v) is 7.34. The molecule has 0 atom stereocenters. The van der Waals surface area contributed by atoms with Gasteiger partial charge in [-0.05, 0) is 11.3 Å². The zero-order valence-corrected chi connectivity index (χ0v) is 12.5. The Balaban J connectivity index is 1.91. The van der Waals surface area contributed by atoms with E-state index in [1.165, 1.54) is 34.1 Å². The molecule has 1 amide bonds. The molecule has 3 aromatic heterocycles. The summed E-state index contributed by atoms with van der Waals surface area (Å²) in [5, 5.41) is 24.7. The van der Waals surface area contributed by atoms with Crippen LogP contribution in [0.15, 0.2) is 23.1 Å². The van der Waals surface area contributed by atoms with Gasteiger partial charge in [0.05, 0.1) is 15.9 Å². The number of carbonyl (C=O) groups excluding carboxylic acids is 1. The van der Waals surface area contributed by atoms with Gasteiger partial charge < -0.3 is 10.8 Å². The number of phenols is 1. The minimum atomic E-state index is -0.714. The molecule has 0 unspecified atom stereocenters. The number of tetrazole rings is 1. The second-order valence-electron chi connectivity index (χ2n) is 4.77.